The van der Waals surface area contributed by atoms with E-state index in [2.05, 4.69) is 58.5 Å². The number of ether oxygens (including phenoxy) is 1. The van der Waals surface area contributed by atoms with Gasteiger partial charge < -0.3 is 28.7 Å². The molecular weight excluding hydrogens is 441 g/mol. The molecule has 0 bridgehead atoms. The summed E-state index contributed by atoms with van der Waals surface area (Å²) in [5.41, 5.74) is 5.35. The molecule has 25 heavy (non-hydrogen) atoms. The molecule has 0 unspecified atom stereocenters. The van der Waals surface area contributed by atoms with Gasteiger partial charge in [0.1, 0.15) is 12.3 Å². The molecule has 0 spiro atoms. The molecule has 0 amide bonds. The molecule has 0 atom stereocenters. The van der Waals surface area contributed by atoms with Crippen molar-refractivity contribution in [1.29, 1.82) is 0 Å². The van der Waals surface area contributed by atoms with Crippen LogP contribution in [0.2, 0.25) is 0 Å². The SMILES string of the molecule is COc1ccc(C[N+]2=C(c3ccccc3)c3ccsc3CC2)cc1.[I-]. The van der Waals surface area contributed by atoms with Gasteiger partial charge in [0.25, 0.3) is 0 Å². The van der Waals surface area contributed by atoms with Gasteiger partial charge in [-0.2, -0.15) is 0 Å². The molecule has 1 aliphatic rings. The van der Waals surface area contributed by atoms with Crippen LogP contribution in [0, 0.1) is 0 Å². The van der Waals surface area contributed by atoms with E-state index < -0.39 is 0 Å². The van der Waals surface area contributed by atoms with E-state index in [4.69, 9.17) is 4.74 Å². The van der Waals surface area contributed by atoms with E-state index in [1.54, 1.807) is 7.11 Å². The summed E-state index contributed by atoms with van der Waals surface area (Å²) in [6.45, 7) is 1.98. The average molecular weight is 461 g/mol. The average Bonchev–Trinajstić information content (AvgIpc) is 3.11. The Morgan fingerprint density at radius 1 is 1.00 bits per heavy atom. The van der Waals surface area contributed by atoms with Crippen molar-refractivity contribution in [3.05, 3.63) is 87.6 Å². The lowest BCUT2D eigenvalue weighted by molar-refractivity contribution is -0.544. The van der Waals surface area contributed by atoms with Crippen LogP contribution in [0.3, 0.4) is 0 Å². The number of halogens is 1. The normalized spacial score (nSPS) is 13.2. The highest BCUT2D eigenvalue weighted by atomic mass is 127. The first-order valence-electron chi connectivity index (χ1n) is 8.22. The minimum atomic E-state index is 0. The summed E-state index contributed by atoms with van der Waals surface area (Å²) in [6, 6.07) is 21.4. The Morgan fingerprint density at radius 2 is 1.76 bits per heavy atom. The van der Waals surface area contributed by atoms with E-state index in [1.807, 2.05) is 23.5 Å². The van der Waals surface area contributed by atoms with Crippen LogP contribution >= 0.6 is 11.3 Å². The monoisotopic (exact) mass is 461 g/mol. The molecule has 3 aromatic rings. The number of nitrogens with zero attached hydrogens (tertiary/aromatic N) is 1. The summed E-state index contributed by atoms with van der Waals surface area (Å²) < 4.78 is 7.77. The molecule has 0 saturated carbocycles. The molecule has 2 heterocycles. The molecule has 0 saturated heterocycles. The van der Waals surface area contributed by atoms with Crippen LogP contribution in [0.4, 0.5) is 0 Å². The van der Waals surface area contributed by atoms with Gasteiger partial charge in [-0.1, -0.05) is 18.2 Å². The first kappa shape index (κ1) is 18.1. The van der Waals surface area contributed by atoms with Crippen molar-refractivity contribution >= 4 is 17.0 Å². The second kappa shape index (κ2) is 8.15. The van der Waals surface area contributed by atoms with Crippen molar-refractivity contribution in [2.45, 2.75) is 13.0 Å². The molecule has 2 aromatic carbocycles. The number of fused-ring (bicyclic) bond motifs is 1. The number of benzene rings is 2. The molecule has 4 heteroatoms. The van der Waals surface area contributed by atoms with Crippen molar-refractivity contribution in [2.75, 3.05) is 13.7 Å². The third kappa shape index (κ3) is 3.80. The van der Waals surface area contributed by atoms with Crippen molar-refractivity contribution in [3.63, 3.8) is 0 Å². The Labute approximate surface area is 169 Å². The third-order valence-electron chi connectivity index (χ3n) is 4.51. The minimum absolute atomic E-state index is 0. The fourth-order valence-electron chi connectivity index (χ4n) is 3.31. The topological polar surface area (TPSA) is 12.2 Å². The Kier molecular flexibility index (Phi) is 5.91. The summed E-state index contributed by atoms with van der Waals surface area (Å²) in [4.78, 5) is 1.50. The first-order chi connectivity index (χ1) is 11.8. The number of hydrogen-bond acceptors (Lipinski definition) is 2. The molecule has 0 aliphatic carbocycles. The van der Waals surface area contributed by atoms with E-state index in [0.29, 0.717) is 0 Å². The number of rotatable bonds is 4. The zero-order valence-corrected chi connectivity index (χ0v) is 17.1. The third-order valence-corrected chi connectivity index (χ3v) is 5.49. The van der Waals surface area contributed by atoms with E-state index in [0.717, 1.165) is 25.3 Å². The maximum atomic E-state index is 5.27. The maximum Gasteiger partial charge on any atom is 0.215 e. The predicted molar refractivity (Wildman–Crippen MR) is 99.5 cm³/mol. The van der Waals surface area contributed by atoms with E-state index in [-0.39, 0.29) is 24.0 Å². The van der Waals surface area contributed by atoms with Crippen molar-refractivity contribution in [2.24, 2.45) is 0 Å². The van der Waals surface area contributed by atoms with Crippen LogP contribution in [0.1, 0.15) is 21.6 Å². The molecule has 0 N–H and O–H groups in total. The van der Waals surface area contributed by atoms with Crippen LogP contribution in [0.5, 0.6) is 5.75 Å². The van der Waals surface area contributed by atoms with E-state index >= 15 is 0 Å². The molecule has 2 nitrogen and oxygen atoms in total. The van der Waals surface area contributed by atoms with Crippen molar-refractivity contribution < 1.29 is 33.3 Å². The zero-order chi connectivity index (χ0) is 16.4. The Balaban J connectivity index is 0.00000182. The predicted octanol–water partition coefficient (Wildman–Crippen LogP) is 1.37. The fourth-order valence-corrected chi connectivity index (χ4v) is 4.18. The lowest BCUT2D eigenvalue weighted by Gasteiger charge is -2.16. The van der Waals surface area contributed by atoms with Gasteiger partial charge in [-0.05, 0) is 47.8 Å². The van der Waals surface area contributed by atoms with Crippen LogP contribution < -0.4 is 28.7 Å². The Morgan fingerprint density at radius 3 is 2.48 bits per heavy atom. The van der Waals surface area contributed by atoms with Gasteiger partial charge in [0.15, 0.2) is 6.54 Å². The minimum Gasteiger partial charge on any atom is -1.00 e. The molecular formula is C21H20INOS. The van der Waals surface area contributed by atoms with Gasteiger partial charge in [0.05, 0.1) is 12.7 Å². The van der Waals surface area contributed by atoms with Crippen LogP contribution in [0.15, 0.2) is 66.0 Å². The molecule has 4 rings (SSSR count). The summed E-state index contributed by atoms with van der Waals surface area (Å²) in [6.07, 6.45) is 1.12. The van der Waals surface area contributed by atoms with Crippen molar-refractivity contribution in [1.82, 2.24) is 0 Å². The number of methoxy groups -OCH3 is 1. The second-order valence-corrected chi connectivity index (χ2v) is 6.99. The highest BCUT2D eigenvalue weighted by Gasteiger charge is 2.28. The summed E-state index contributed by atoms with van der Waals surface area (Å²) in [5.74, 6) is 0.907. The van der Waals surface area contributed by atoms with Gasteiger partial charge >= 0.3 is 0 Å². The van der Waals surface area contributed by atoms with Crippen LogP contribution in [-0.2, 0) is 13.0 Å². The van der Waals surface area contributed by atoms with Crippen LogP contribution in [0.25, 0.3) is 0 Å². The van der Waals surface area contributed by atoms with Gasteiger partial charge in [-0.15, -0.1) is 11.3 Å². The van der Waals surface area contributed by atoms with Crippen LogP contribution in [-0.4, -0.2) is 23.9 Å². The number of thiophene rings is 1. The largest absolute Gasteiger partial charge is 1.00 e. The first-order valence-corrected chi connectivity index (χ1v) is 9.10. The summed E-state index contributed by atoms with van der Waals surface area (Å²) in [5, 5.41) is 2.21. The quantitative estimate of drug-likeness (QED) is 0.423. The molecule has 1 aromatic heterocycles. The standard InChI is InChI=1S/C21H20NOS.HI/c1-23-18-9-7-16(8-10-18)15-22-13-11-20-19(12-14-24-20)21(22)17-5-3-2-4-6-17;/h2-10,12,14H,11,13,15H2,1H3;1H/q+1;/p-1. The number of hydrogen-bond donors (Lipinski definition) is 0. The second-order valence-electron chi connectivity index (χ2n) is 5.99. The smallest absolute Gasteiger partial charge is 0.215 e. The highest BCUT2D eigenvalue weighted by molar-refractivity contribution is 7.10. The zero-order valence-electron chi connectivity index (χ0n) is 14.1. The van der Waals surface area contributed by atoms with Gasteiger partial charge in [-0.25, -0.2) is 4.58 Å². The van der Waals surface area contributed by atoms with Gasteiger partial charge in [-0.3, -0.25) is 0 Å². The fraction of sp³-hybridized carbons (Fsp3) is 0.190. The molecule has 0 fully saturated rings. The van der Waals surface area contributed by atoms with E-state index in [1.165, 1.54) is 27.3 Å². The molecule has 0 radical (unpaired) electrons. The van der Waals surface area contributed by atoms with Gasteiger partial charge in [0, 0.05) is 22.4 Å². The van der Waals surface area contributed by atoms with Gasteiger partial charge in [0.2, 0.25) is 5.71 Å². The molecule has 128 valence electrons. The van der Waals surface area contributed by atoms with E-state index in [9.17, 15) is 0 Å². The summed E-state index contributed by atoms with van der Waals surface area (Å²) >= 11 is 1.87. The lowest BCUT2D eigenvalue weighted by atomic mass is 9.98. The van der Waals surface area contributed by atoms with Crippen molar-refractivity contribution in [3.8, 4) is 5.75 Å². The molecule has 1 aliphatic heterocycles. The Bertz CT molecular complexity index is 868. The maximum absolute atomic E-state index is 5.27. The summed E-state index contributed by atoms with van der Waals surface area (Å²) in [7, 11) is 1.71. The lowest BCUT2D eigenvalue weighted by Crippen LogP contribution is -3.00. The highest BCUT2D eigenvalue weighted by Crippen LogP contribution is 2.26. The Hall–Kier alpha value is -1.66.